The van der Waals surface area contributed by atoms with Gasteiger partial charge in [-0.1, -0.05) is 5.16 Å². The highest BCUT2D eigenvalue weighted by atomic mass is 16.4. The number of rotatable bonds is 4. The Balaban J connectivity index is 2.03. The quantitative estimate of drug-likeness (QED) is 0.286. The molecular weight excluding hydrogens is 206 g/mol. The van der Waals surface area contributed by atoms with E-state index in [4.69, 9.17) is 10.9 Å². The second kappa shape index (κ2) is 3.37. The van der Waals surface area contributed by atoms with Crippen molar-refractivity contribution in [2.45, 2.75) is 45.1 Å². The fourth-order valence-electron chi connectivity index (χ4n) is 2.14. The second-order valence-corrected chi connectivity index (χ2v) is 5.52. The fourth-order valence-corrected chi connectivity index (χ4v) is 2.14. The van der Waals surface area contributed by atoms with Gasteiger partial charge in [-0.05, 0) is 45.4 Å². The van der Waals surface area contributed by atoms with E-state index in [0.717, 1.165) is 0 Å². The van der Waals surface area contributed by atoms with Crippen LogP contribution in [-0.4, -0.2) is 22.5 Å². The molecule has 0 radical (unpaired) electrons. The first-order chi connectivity index (χ1) is 7.42. The van der Waals surface area contributed by atoms with Crippen molar-refractivity contribution in [2.75, 3.05) is 0 Å². The Labute approximate surface area is 95.1 Å². The molecule has 0 aromatic rings. The van der Waals surface area contributed by atoms with E-state index in [0.29, 0.717) is 18.8 Å². The maximum atomic E-state index is 12.1. The van der Waals surface area contributed by atoms with Crippen molar-refractivity contribution in [3.05, 3.63) is 0 Å². The molecule has 90 valence electrons. The monoisotopic (exact) mass is 225 g/mol. The molecule has 0 atom stereocenters. The van der Waals surface area contributed by atoms with Crippen molar-refractivity contribution in [2.24, 2.45) is 22.2 Å². The molecular formula is C11H19N3O2. The second-order valence-electron chi connectivity index (χ2n) is 5.52. The van der Waals surface area contributed by atoms with Crippen molar-refractivity contribution in [1.82, 2.24) is 5.32 Å². The number of nitrogens with two attached hydrogens (primary N) is 1. The lowest BCUT2D eigenvalue weighted by molar-refractivity contribution is -0.126. The number of carbonyl (C=O) groups is 1. The highest BCUT2D eigenvalue weighted by Gasteiger charge is 2.55. The lowest BCUT2D eigenvalue weighted by Gasteiger charge is -2.28. The molecule has 0 aromatic heterocycles. The molecule has 2 rings (SSSR count). The summed E-state index contributed by atoms with van der Waals surface area (Å²) < 4.78 is 0. The SMILES string of the molecule is CC(C)(NC(=O)C1(C(N)=NO)CC1)C1CC1. The minimum Gasteiger partial charge on any atom is -0.409 e. The Kier molecular flexibility index (Phi) is 2.36. The molecule has 4 N–H and O–H groups in total. The molecule has 0 aliphatic heterocycles. The number of nitrogens with one attached hydrogen (secondary N) is 1. The summed E-state index contributed by atoms with van der Waals surface area (Å²) in [4.78, 5) is 12.1. The summed E-state index contributed by atoms with van der Waals surface area (Å²) in [5.41, 5.74) is 4.65. The molecule has 5 nitrogen and oxygen atoms in total. The third-order valence-electron chi connectivity index (χ3n) is 3.82. The van der Waals surface area contributed by atoms with Crippen LogP contribution in [0, 0.1) is 11.3 Å². The summed E-state index contributed by atoms with van der Waals surface area (Å²) in [5, 5.41) is 14.7. The molecule has 0 saturated heterocycles. The van der Waals surface area contributed by atoms with Gasteiger partial charge in [-0.15, -0.1) is 0 Å². The average molecular weight is 225 g/mol. The number of amidine groups is 1. The molecule has 2 fully saturated rings. The number of hydrogen-bond acceptors (Lipinski definition) is 3. The highest BCUT2D eigenvalue weighted by Crippen LogP contribution is 2.47. The summed E-state index contributed by atoms with van der Waals surface area (Å²) in [5.74, 6) is 0.510. The van der Waals surface area contributed by atoms with Gasteiger partial charge in [0.2, 0.25) is 5.91 Å². The Morgan fingerprint density at radius 1 is 1.50 bits per heavy atom. The maximum Gasteiger partial charge on any atom is 0.234 e. The smallest absolute Gasteiger partial charge is 0.234 e. The Morgan fingerprint density at radius 3 is 2.44 bits per heavy atom. The molecule has 5 heteroatoms. The number of amides is 1. The average Bonchev–Trinajstić information content (AvgIpc) is 3.03. The van der Waals surface area contributed by atoms with Crippen LogP contribution in [0.4, 0.5) is 0 Å². The van der Waals surface area contributed by atoms with Crippen LogP contribution in [0.3, 0.4) is 0 Å². The van der Waals surface area contributed by atoms with E-state index in [1.54, 1.807) is 0 Å². The zero-order valence-corrected chi connectivity index (χ0v) is 9.79. The van der Waals surface area contributed by atoms with Gasteiger partial charge in [-0.2, -0.15) is 0 Å². The van der Waals surface area contributed by atoms with Gasteiger partial charge in [0.05, 0.1) is 0 Å². The molecule has 0 aromatic carbocycles. The predicted molar refractivity (Wildman–Crippen MR) is 60.0 cm³/mol. The van der Waals surface area contributed by atoms with Gasteiger partial charge in [-0.25, -0.2) is 0 Å². The molecule has 0 unspecified atom stereocenters. The number of nitrogens with zero attached hydrogens (tertiary/aromatic N) is 1. The van der Waals surface area contributed by atoms with Crippen LogP contribution in [0.1, 0.15) is 39.5 Å². The zero-order valence-electron chi connectivity index (χ0n) is 9.79. The highest BCUT2D eigenvalue weighted by molar-refractivity contribution is 6.09. The van der Waals surface area contributed by atoms with Gasteiger partial charge >= 0.3 is 0 Å². The van der Waals surface area contributed by atoms with E-state index in [2.05, 4.69) is 10.5 Å². The van der Waals surface area contributed by atoms with E-state index in [-0.39, 0.29) is 17.3 Å². The number of oxime groups is 1. The number of carbonyl (C=O) groups excluding carboxylic acids is 1. The van der Waals surface area contributed by atoms with E-state index in [1.807, 2.05) is 13.8 Å². The lowest BCUT2D eigenvalue weighted by Crippen LogP contribution is -2.51. The summed E-state index contributed by atoms with van der Waals surface area (Å²) in [7, 11) is 0. The molecule has 0 spiro atoms. The first-order valence-corrected chi connectivity index (χ1v) is 5.73. The minimum atomic E-state index is -0.735. The van der Waals surface area contributed by atoms with Crippen molar-refractivity contribution in [3.8, 4) is 0 Å². The first-order valence-electron chi connectivity index (χ1n) is 5.73. The van der Waals surface area contributed by atoms with Crippen molar-refractivity contribution in [1.29, 1.82) is 0 Å². The largest absolute Gasteiger partial charge is 0.409 e. The van der Waals surface area contributed by atoms with Gasteiger partial charge in [0.15, 0.2) is 5.84 Å². The topological polar surface area (TPSA) is 87.7 Å². The predicted octanol–water partition coefficient (Wildman–Crippen LogP) is 0.818. The molecule has 0 bridgehead atoms. The van der Waals surface area contributed by atoms with Crippen molar-refractivity contribution in [3.63, 3.8) is 0 Å². The lowest BCUT2D eigenvalue weighted by atomic mass is 9.96. The van der Waals surface area contributed by atoms with Crippen LogP contribution in [0.5, 0.6) is 0 Å². The molecule has 2 aliphatic rings. The van der Waals surface area contributed by atoms with Gasteiger partial charge in [-0.3, -0.25) is 4.79 Å². The van der Waals surface area contributed by atoms with Crippen LogP contribution in [0.15, 0.2) is 5.16 Å². The van der Waals surface area contributed by atoms with Gasteiger partial charge in [0, 0.05) is 5.54 Å². The van der Waals surface area contributed by atoms with Crippen LogP contribution >= 0.6 is 0 Å². The van der Waals surface area contributed by atoms with E-state index < -0.39 is 5.41 Å². The van der Waals surface area contributed by atoms with Gasteiger partial charge in [0.25, 0.3) is 0 Å². The molecule has 0 heterocycles. The third-order valence-corrected chi connectivity index (χ3v) is 3.82. The minimum absolute atomic E-state index is 0.0385. The Bertz CT molecular complexity index is 341. The molecule has 2 aliphatic carbocycles. The molecule has 1 amide bonds. The third kappa shape index (κ3) is 1.74. The molecule has 2 saturated carbocycles. The zero-order chi connectivity index (χ0) is 12.0. The van der Waals surface area contributed by atoms with Crippen LogP contribution < -0.4 is 11.1 Å². The Morgan fingerprint density at radius 2 is 2.06 bits per heavy atom. The maximum absolute atomic E-state index is 12.1. The van der Waals surface area contributed by atoms with Crippen LogP contribution in [-0.2, 0) is 4.79 Å². The number of hydrogen-bond donors (Lipinski definition) is 3. The van der Waals surface area contributed by atoms with Crippen LogP contribution in [0.25, 0.3) is 0 Å². The van der Waals surface area contributed by atoms with Crippen LogP contribution in [0.2, 0.25) is 0 Å². The summed E-state index contributed by atoms with van der Waals surface area (Å²) >= 11 is 0. The van der Waals surface area contributed by atoms with Gasteiger partial charge < -0.3 is 16.3 Å². The summed E-state index contributed by atoms with van der Waals surface area (Å²) in [6.45, 7) is 4.07. The normalized spacial score (nSPS) is 24.0. The Hall–Kier alpha value is -1.26. The summed E-state index contributed by atoms with van der Waals surface area (Å²) in [6, 6.07) is 0. The van der Waals surface area contributed by atoms with E-state index >= 15 is 0 Å². The first kappa shape index (κ1) is 11.2. The summed E-state index contributed by atoms with van der Waals surface area (Å²) in [6.07, 6.45) is 3.69. The standard InChI is InChI=1S/C11H19N3O2/c1-10(2,7-3-4-7)13-9(15)11(5-6-11)8(12)14-16/h7,16H,3-6H2,1-2H3,(H2,12,14)(H,13,15). The fraction of sp³-hybridized carbons (Fsp3) is 0.818. The van der Waals surface area contributed by atoms with Gasteiger partial charge in [0.1, 0.15) is 5.41 Å². The van der Waals surface area contributed by atoms with Crippen molar-refractivity contribution >= 4 is 11.7 Å². The molecule has 16 heavy (non-hydrogen) atoms. The van der Waals surface area contributed by atoms with Crippen molar-refractivity contribution < 1.29 is 10.0 Å². The van der Waals surface area contributed by atoms with E-state index in [1.165, 1.54) is 12.8 Å². The van der Waals surface area contributed by atoms with E-state index in [9.17, 15) is 4.79 Å².